The summed E-state index contributed by atoms with van der Waals surface area (Å²) in [7, 11) is 2.16. The monoisotopic (exact) mass is 217 g/mol. The Morgan fingerprint density at radius 1 is 1.31 bits per heavy atom. The Morgan fingerprint density at radius 3 is 2.62 bits per heavy atom. The molecule has 0 saturated heterocycles. The second kappa shape index (κ2) is 5.26. The molecule has 1 fully saturated rings. The highest BCUT2D eigenvalue weighted by Crippen LogP contribution is 2.25. The first-order chi connectivity index (χ1) is 7.77. The van der Waals surface area contributed by atoms with Gasteiger partial charge in [0.15, 0.2) is 5.78 Å². The fourth-order valence-corrected chi connectivity index (χ4v) is 1.96. The maximum absolute atomic E-state index is 11.8. The molecule has 2 nitrogen and oxygen atoms in total. The largest absolute Gasteiger partial charge is 0.303 e. The van der Waals surface area contributed by atoms with Crippen molar-refractivity contribution in [1.29, 1.82) is 0 Å². The van der Waals surface area contributed by atoms with E-state index >= 15 is 0 Å². The molecule has 0 N–H and O–H groups in total. The Balaban J connectivity index is 1.71. The van der Waals surface area contributed by atoms with Gasteiger partial charge < -0.3 is 4.90 Å². The molecule has 86 valence electrons. The minimum absolute atomic E-state index is 0.268. The molecule has 2 heteroatoms. The normalized spacial score (nSPS) is 15.4. The van der Waals surface area contributed by atoms with E-state index in [1.54, 1.807) is 0 Å². The van der Waals surface area contributed by atoms with Crippen molar-refractivity contribution in [1.82, 2.24) is 4.90 Å². The van der Waals surface area contributed by atoms with Crippen molar-refractivity contribution in [2.45, 2.75) is 31.7 Å². The molecule has 1 saturated carbocycles. The zero-order chi connectivity index (χ0) is 11.4. The predicted molar refractivity (Wildman–Crippen MR) is 65.7 cm³/mol. The number of carbonyl (C=O) groups is 1. The average molecular weight is 217 g/mol. The van der Waals surface area contributed by atoms with Crippen LogP contribution >= 0.6 is 0 Å². The van der Waals surface area contributed by atoms with E-state index in [1.165, 1.54) is 12.8 Å². The molecular weight excluding hydrogens is 198 g/mol. The Bertz CT molecular complexity index is 343. The smallest absolute Gasteiger partial charge is 0.162 e. The Morgan fingerprint density at radius 2 is 2.00 bits per heavy atom. The van der Waals surface area contributed by atoms with Crippen LogP contribution in [0.4, 0.5) is 0 Å². The van der Waals surface area contributed by atoms with E-state index in [0.717, 1.165) is 24.6 Å². The lowest BCUT2D eigenvalue weighted by Crippen LogP contribution is -2.22. The van der Waals surface area contributed by atoms with E-state index in [1.807, 2.05) is 30.3 Å². The minimum atomic E-state index is 0.268. The van der Waals surface area contributed by atoms with Gasteiger partial charge in [-0.2, -0.15) is 0 Å². The van der Waals surface area contributed by atoms with E-state index < -0.39 is 0 Å². The van der Waals surface area contributed by atoms with Crippen LogP contribution in [0.15, 0.2) is 30.3 Å². The van der Waals surface area contributed by atoms with Crippen molar-refractivity contribution in [2.24, 2.45) is 0 Å². The molecule has 1 aromatic carbocycles. The number of hydrogen-bond acceptors (Lipinski definition) is 2. The molecule has 0 spiro atoms. The van der Waals surface area contributed by atoms with E-state index in [9.17, 15) is 4.79 Å². The van der Waals surface area contributed by atoms with Crippen molar-refractivity contribution >= 4 is 5.78 Å². The third-order valence-corrected chi connectivity index (χ3v) is 3.18. The van der Waals surface area contributed by atoms with Gasteiger partial charge in [-0.05, 0) is 32.9 Å². The number of hydrogen-bond donors (Lipinski definition) is 0. The average Bonchev–Trinajstić information content (AvgIpc) is 3.14. The Hall–Kier alpha value is -1.15. The van der Waals surface area contributed by atoms with Crippen molar-refractivity contribution in [3.63, 3.8) is 0 Å². The van der Waals surface area contributed by atoms with Gasteiger partial charge >= 0.3 is 0 Å². The summed E-state index contributed by atoms with van der Waals surface area (Å²) in [6.07, 6.45) is 4.31. The Kier molecular flexibility index (Phi) is 3.73. The lowest BCUT2D eigenvalue weighted by molar-refractivity contribution is 0.0976. The van der Waals surface area contributed by atoms with Crippen LogP contribution < -0.4 is 0 Å². The maximum atomic E-state index is 11.8. The van der Waals surface area contributed by atoms with Gasteiger partial charge in [0.2, 0.25) is 0 Å². The van der Waals surface area contributed by atoms with Crippen LogP contribution in [0.2, 0.25) is 0 Å². The highest BCUT2D eigenvalue weighted by Gasteiger charge is 2.25. The Labute approximate surface area is 97.3 Å². The summed E-state index contributed by atoms with van der Waals surface area (Å²) in [6, 6.07) is 10.4. The van der Waals surface area contributed by atoms with E-state index in [-0.39, 0.29) is 5.78 Å². The number of benzene rings is 1. The number of nitrogens with zero attached hydrogens (tertiary/aromatic N) is 1. The fourth-order valence-electron chi connectivity index (χ4n) is 1.96. The molecular formula is C14H19NO. The van der Waals surface area contributed by atoms with Crippen LogP contribution in [0.25, 0.3) is 0 Å². The molecule has 0 unspecified atom stereocenters. The van der Waals surface area contributed by atoms with Crippen molar-refractivity contribution < 1.29 is 4.79 Å². The molecule has 0 bridgehead atoms. The molecule has 1 aromatic rings. The standard InChI is InChI=1S/C14H19NO/c1-15(13-9-10-13)11-5-8-14(16)12-6-3-2-4-7-12/h2-4,6-7,13H,5,8-11H2,1H3. The van der Waals surface area contributed by atoms with Crippen molar-refractivity contribution in [3.8, 4) is 0 Å². The molecule has 0 amide bonds. The van der Waals surface area contributed by atoms with Gasteiger partial charge in [0.05, 0.1) is 0 Å². The van der Waals surface area contributed by atoms with Gasteiger partial charge in [0.1, 0.15) is 0 Å². The number of Topliss-reactive ketones (excluding diaryl/α,β-unsaturated/α-hetero) is 1. The molecule has 1 aliphatic carbocycles. The first kappa shape index (κ1) is 11.3. The molecule has 0 aromatic heterocycles. The zero-order valence-corrected chi connectivity index (χ0v) is 9.86. The zero-order valence-electron chi connectivity index (χ0n) is 9.86. The molecule has 0 aliphatic heterocycles. The maximum Gasteiger partial charge on any atom is 0.162 e. The first-order valence-corrected chi connectivity index (χ1v) is 6.06. The van der Waals surface area contributed by atoms with Crippen LogP contribution in [0.3, 0.4) is 0 Å². The molecule has 0 heterocycles. The second-order valence-electron chi connectivity index (χ2n) is 4.60. The molecule has 0 radical (unpaired) electrons. The van der Waals surface area contributed by atoms with E-state index in [2.05, 4.69) is 11.9 Å². The summed E-state index contributed by atoms with van der Waals surface area (Å²) in [5.74, 6) is 0.268. The second-order valence-corrected chi connectivity index (χ2v) is 4.60. The van der Waals surface area contributed by atoms with Gasteiger partial charge in [-0.15, -0.1) is 0 Å². The first-order valence-electron chi connectivity index (χ1n) is 6.06. The lowest BCUT2D eigenvalue weighted by atomic mass is 10.1. The minimum Gasteiger partial charge on any atom is -0.303 e. The van der Waals surface area contributed by atoms with Gasteiger partial charge in [-0.1, -0.05) is 30.3 Å². The molecule has 1 aliphatic rings. The summed E-state index contributed by atoms with van der Waals surface area (Å²) < 4.78 is 0. The van der Waals surface area contributed by atoms with Crippen molar-refractivity contribution in [2.75, 3.05) is 13.6 Å². The van der Waals surface area contributed by atoms with Gasteiger partial charge in [-0.3, -0.25) is 4.79 Å². The van der Waals surface area contributed by atoms with Gasteiger partial charge in [0.25, 0.3) is 0 Å². The molecule has 16 heavy (non-hydrogen) atoms. The number of rotatable bonds is 6. The van der Waals surface area contributed by atoms with Gasteiger partial charge in [-0.25, -0.2) is 0 Å². The summed E-state index contributed by atoms with van der Waals surface area (Å²) in [6.45, 7) is 1.04. The number of ketones is 1. The van der Waals surface area contributed by atoms with E-state index in [0.29, 0.717) is 6.42 Å². The third kappa shape index (κ3) is 3.17. The summed E-state index contributed by atoms with van der Waals surface area (Å²) in [5.41, 5.74) is 0.844. The predicted octanol–water partition coefficient (Wildman–Crippen LogP) is 2.74. The van der Waals surface area contributed by atoms with Crippen LogP contribution in [0.1, 0.15) is 36.0 Å². The SMILES string of the molecule is CN(CCCC(=O)c1ccccc1)C1CC1. The molecule has 2 rings (SSSR count). The van der Waals surface area contributed by atoms with Crippen molar-refractivity contribution in [3.05, 3.63) is 35.9 Å². The fraction of sp³-hybridized carbons (Fsp3) is 0.500. The van der Waals surface area contributed by atoms with E-state index in [4.69, 9.17) is 0 Å². The lowest BCUT2D eigenvalue weighted by Gasteiger charge is -2.14. The van der Waals surface area contributed by atoms with Gasteiger partial charge in [0, 0.05) is 18.0 Å². The van der Waals surface area contributed by atoms with Crippen LogP contribution in [-0.2, 0) is 0 Å². The van der Waals surface area contributed by atoms with Crippen LogP contribution in [0, 0.1) is 0 Å². The summed E-state index contributed by atoms with van der Waals surface area (Å²) >= 11 is 0. The highest BCUT2D eigenvalue weighted by molar-refractivity contribution is 5.95. The highest BCUT2D eigenvalue weighted by atomic mass is 16.1. The summed E-state index contributed by atoms with van der Waals surface area (Å²) in [5, 5.41) is 0. The summed E-state index contributed by atoms with van der Waals surface area (Å²) in [4.78, 5) is 14.2. The topological polar surface area (TPSA) is 20.3 Å². The van der Waals surface area contributed by atoms with Crippen LogP contribution in [-0.4, -0.2) is 30.3 Å². The molecule has 0 atom stereocenters. The van der Waals surface area contributed by atoms with Crippen LogP contribution in [0.5, 0.6) is 0 Å². The third-order valence-electron chi connectivity index (χ3n) is 3.18. The number of carbonyl (C=O) groups excluding carboxylic acids is 1. The quantitative estimate of drug-likeness (QED) is 0.683.